The summed E-state index contributed by atoms with van der Waals surface area (Å²) in [5.74, 6) is 0.186. The van der Waals surface area contributed by atoms with Gasteiger partial charge in [0.1, 0.15) is 5.69 Å². The Labute approximate surface area is 140 Å². The van der Waals surface area contributed by atoms with Crippen LogP contribution in [0.15, 0.2) is 35.2 Å². The van der Waals surface area contributed by atoms with Crippen molar-refractivity contribution in [2.75, 3.05) is 19.6 Å². The van der Waals surface area contributed by atoms with E-state index < -0.39 is 0 Å². The van der Waals surface area contributed by atoms with Crippen LogP contribution in [-0.4, -0.2) is 46.3 Å². The van der Waals surface area contributed by atoms with Gasteiger partial charge in [-0.2, -0.15) is 0 Å². The lowest BCUT2D eigenvalue weighted by atomic mass is 9.97. The number of hydrogen-bond acceptors (Lipinski definition) is 5. The van der Waals surface area contributed by atoms with Crippen LogP contribution in [0.3, 0.4) is 0 Å². The van der Waals surface area contributed by atoms with E-state index in [2.05, 4.69) is 15.3 Å². The van der Waals surface area contributed by atoms with Crippen LogP contribution in [0.1, 0.15) is 39.6 Å². The van der Waals surface area contributed by atoms with Crippen molar-refractivity contribution in [1.29, 1.82) is 0 Å². The molecular formula is C17H20N4O3. The van der Waals surface area contributed by atoms with Gasteiger partial charge < -0.3 is 14.6 Å². The third kappa shape index (κ3) is 3.79. The summed E-state index contributed by atoms with van der Waals surface area (Å²) in [6.07, 6.45) is 6.46. The highest BCUT2D eigenvalue weighted by atomic mass is 16.3. The van der Waals surface area contributed by atoms with Gasteiger partial charge in [-0.3, -0.25) is 14.6 Å². The lowest BCUT2D eigenvalue weighted by Gasteiger charge is -2.32. The van der Waals surface area contributed by atoms with Crippen LogP contribution in [0.2, 0.25) is 0 Å². The summed E-state index contributed by atoms with van der Waals surface area (Å²) < 4.78 is 5.07. The third-order valence-corrected chi connectivity index (χ3v) is 4.10. The molecule has 3 heterocycles. The Hall–Kier alpha value is -2.70. The highest BCUT2D eigenvalue weighted by Crippen LogP contribution is 2.17. The number of amides is 2. The Bertz CT molecular complexity index is 697. The van der Waals surface area contributed by atoms with Crippen LogP contribution >= 0.6 is 0 Å². The number of carbonyl (C=O) groups excluding carboxylic acids is 2. The Balaban J connectivity index is 1.55. The summed E-state index contributed by atoms with van der Waals surface area (Å²) in [5.41, 5.74) is 1.14. The monoisotopic (exact) mass is 328 g/mol. The molecule has 2 aromatic rings. The topological polar surface area (TPSA) is 88.3 Å². The second-order valence-corrected chi connectivity index (χ2v) is 5.99. The molecule has 1 saturated heterocycles. The first-order valence-corrected chi connectivity index (χ1v) is 8.03. The molecule has 0 radical (unpaired) electrons. The van der Waals surface area contributed by atoms with Crippen LogP contribution in [0.4, 0.5) is 0 Å². The minimum atomic E-state index is -0.229. The molecule has 7 heteroatoms. The fourth-order valence-electron chi connectivity index (χ4n) is 2.81. The number of piperidine rings is 1. The van der Waals surface area contributed by atoms with E-state index in [1.807, 2.05) is 6.92 Å². The molecule has 1 fully saturated rings. The highest BCUT2D eigenvalue weighted by molar-refractivity contribution is 5.92. The van der Waals surface area contributed by atoms with Crippen LogP contribution in [0.5, 0.6) is 0 Å². The SMILES string of the molecule is Cc1cnc(C(=O)N2CCC[C@H](CNC(=O)c3ccco3)C2)cn1. The average molecular weight is 328 g/mol. The zero-order valence-corrected chi connectivity index (χ0v) is 13.6. The van der Waals surface area contributed by atoms with Crippen molar-refractivity contribution in [3.63, 3.8) is 0 Å². The van der Waals surface area contributed by atoms with E-state index in [1.54, 1.807) is 23.2 Å². The van der Waals surface area contributed by atoms with Gasteiger partial charge in [0.15, 0.2) is 5.76 Å². The number of aryl methyl sites for hydroxylation is 1. The Morgan fingerprint density at radius 3 is 2.96 bits per heavy atom. The number of nitrogens with one attached hydrogen (secondary N) is 1. The molecule has 1 aliphatic rings. The fourth-order valence-corrected chi connectivity index (χ4v) is 2.81. The molecular weight excluding hydrogens is 308 g/mol. The van der Waals surface area contributed by atoms with E-state index >= 15 is 0 Å². The number of hydrogen-bond donors (Lipinski definition) is 1. The molecule has 24 heavy (non-hydrogen) atoms. The minimum Gasteiger partial charge on any atom is -0.459 e. The molecule has 3 rings (SSSR count). The first-order valence-electron chi connectivity index (χ1n) is 8.03. The zero-order valence-electron chi connectivity index (χ0n) is 13.6. The first kappa shape index (κ1) is 16.2. The number of aromatic nitrogens is 2. The lowest BCUT2D eigenvalue weighted by molar-refractivity contribution is 0.0663. The van der Waals surface area contributed by atoms with Gasteiger partial charge in [0.05, 0.1) is 18.2 Å². The summed E-state index contributed by atoms with van der Waals surface area (Å²) in [4.78, 5) is 34.5. The predicted molar refractivity (Wildman–Crippen MR) is 86.4 cm³/mol. The van der Waals surface area contributed by atoms with Crippen molar-refractivity contribution in [1.82, 2.24) is 20.2 Å². The molecule has 0 spiro atoms. The van der Waals surface area contributed by atoms with Gasteiger partial charge in [-0.1, -0.05) is 0 Å². The standard InChI is InChI=1S/C17H20N4O3/c1-12-8-19-14(10-18-12)17(23)21-6-2-4-13(11-21)9-20-16(22)15-5-3-7-24-15/h3,5,7-8,10,13H,2,4,6,9,11H2,1H3,(H,20,22)/t13-/m1/s1. The van der Waals surface area contributed by atoms with Gasteiger partial charge in [-0.15, -0.1) is 0 Å². The van der Waals surface area contributed by atoms with Crippen molar-refractivity contribution >= 4 is 11.8 Å². The second-order valence-electron chi connectivity index (χ2n) is 5.99. The molecule has 1 N–H and O–H groups in total. The Morgan fingerprint density at radius 2 is 2.25 bits per heavy atom. The molecule has 126 valence electrons. The average Bonchev–Trinajstić information content (AvgIpc) is 3.15. The molecule has 2 amide bonds. The van der Waals surface area contributed by atoms with E-state index in [0.29, 0.717) is 31.1 Å². The lowest BCUT2D eigenvalue weighted by Crippen LogP contribution is -2.44. The Morgan fingerprint density at radius 1 is 1.38 bits per heavy atom. The van der Waals surface area contributed by atoms with Gasteiger partial charge in [0.2, 0.25) is 0 Å². The molecule has 0 unspecified atom stereocenters. The van der Waals surface area contributed by atoms with Crippen molar-refractivity contribution in [2.45, 2.75) is 19.8 Å². The van der Waals surface area contributed by atoms with Gasteiger partial charge >= 0.3 is 0 Å². The number of nitrogens with zero attached hydrogens (tertiary/aromatic N) is 3. The molecule has 0 aliphatic carbocycles. The van der Waals surface area contributed by atoms with Crippen molar-refractivity contribution in [2.24, 2.45) is 5.92 Å². The third-order valence-electron chi connectivity index (χ3n) is 4.10. The second kappa shape index (κ2) is 7.25. The van der Waals surface area contributed by atoms with Gasteiger partial charge in [0, 0.05) is 25.8 Å². The van der Waals surface area contributed by atoms with Crippen LogP contribution in [0.25, 0.3) is 0 Å². The summed E-state index contributed by atoms with van der Waals surface area (Å²) in [6.45, 7) is 3.66. The number of rotatable bonds is 4. The summed E-state index contributed by atoms with van der Waals surface area (Å²) >= 11 is 0. The zero-order chi connectivity index (χ0) is 16.9. The molecule has 0 bridgehead atoms. The predicted octanol–water partition coefficient (Wildman–Crippen LogP) is 1.66. The normalized spacial score (nSPS) is 17.5. The van der Waals surface area contributed by atoms with E-state index in [9.17, 15) is 9.59 Å². The van der Waals surface area contributed by atoms with Gasteiger partial charge in [-0.25, -0.2) is 4.98 Å². The van der Waals surface area contributed by atoms with Crippen molar-refractivity contribution in [3.05, 3.63) is 47.9 Å². The Kier molecular flexibility index (Phi) is 4.88. The van der Waals surface area contributed by atoms with Crippen LogP contribution in [-0.2, 0) is 0 Å². The summed E-state index contributed by atoms with van der Waals surface area (Å²) in [5, 5.41) is 2.86. The number of likely N-dealkylation sites (tertiary alicyclic amines) is 1. The number of carbonyl (C=O) groups is 2. The quantitative estimate of drug-likeness (QED) is 0.922. The molecule has 0 saturated carbocycles. The molecule has 2 aromatic heterocycles. The summed E-state index contributed by atoms with van der Waals surface area (Å²) in [7, 11) is 0. The molecule has 1 aliphatic heterocycles. The molecule has 0 aromatic carbocycles. The van der Waals surface area contributed by atoms with E-state index in [1.165, 1.54) is 12.5 Å². The van der Waals surface area contributed by atoms with E-state index in [4.69, 9.17) is 4.42 Å². The highest BCUT2D eigenvalue weighted by Gasteiger charge is 2.25. The van der Waals surface area contributed by atoms with Crippen molar-refractivity contribution in [3.8, 4) is 0 Å². The van der Waals surface area contributed by atoms with Gasteiger partial charge in [-0.05, 0) is 37.8 Å². The maximum atomic E-state index is 12.5. The van der Waals surface area contributed by atoms with Crippen LogP contribution < -0.4 is 5.32 Å². The molecule has 7 nitrogen and oxygen atoms in total. The smallest absolute Gasteiger partial charge is 0.286 e. The largest absolute Gasteiger partial charge is 0.459 e. The maximum Gasteiger partial charge on any atom is 0.286 e. The summed E-state index contributed by atoms with van der Waals surface area (Å²) in [6, 6.07) is 3.31. The minimum absolute atomic E-state index is 0.107. The first-order chi connectivity index (χ1) is 11.6. The molecule has 1 atom stereocenters. The number of furan rings is 1. The van der Waals surface area contributed by atoms with Crippen LogP contribution in [0, 0.1) is 12.8 Å². The van der Waals surface area contributed by atoms with E-state index in [-0.39, 0.29) is 17.7 Å². The van der Waals surface area contributed by atoms with Crippen molar-refractivity contribution < 1.29 is 14.0 Å². The maximum absolute atomic E-state index is 12.5. The van der Waals surface area contributed by atoms with E-state index in [0.717, 1.165) is 18.5 Å². The fraction of sp³-hybridized carbons (Fsp3) is 0.412. The van der Waals surface area contributed by atoms with Gasteiger partial charge in [0.25, 0.3) is 11.8 Å².